The number of benzene rings is 1. The van der Waals surface area contributed by atoms with Gasteiger partial charge in [-0.1, -0.05) is 6.07 Å². The fraction of sp³-hybridized carbons (Fsp3) is 0.625. The number of ether oxygens (including phenoxy) is 1. The molecule has 5 heteroatoms. The molecular weight excluding hydrogens is 265 g/mol. The van der Waals surface area contributed by atoms with Crippen LogP contribution in [0.25, 0.3) is 0 Å². The summed E-state index contributed by atoms with van der Waals surface area (Å²) in [5, 5.41) is 0. The Morgan fingerprint density at radius 1 is 1.14 bits per heavy atom. The van der Waals surface area contributed by atoms with Crippen LogP contribution in [0, 0.1) is 0 Å². The molecule has 0 radical (unpaired) electrons. The van der Waals surface area contributed by atoms with Crippen LogP contribution in [-0.2, 0) is 15.7 Å². The summed E-state index contributed by atoms with van der Waals surface area (Å²) in [7, 11) is 3.48. The lowest BCUT2D eigenvalue weighted by Crippen LogP contribution is -2.41. The molecule has 0 aliphatic carbocycles. The number of methoxy groups -OCH3 is 1. The molecule has 0 N–H and O–H groups in total. The number of anilines is 1. The molecule has 4 nitrogen and oxygen atoms in total. The lowest BCUT2D eigenvalue weighted by Gasteiger charge is -2.32. The van der Waals surface area contributed by atoms with Crippen LogP contribution in [0.4, 0.5) is 5.69 Å². The van der Waals surface area contributed by atoms with Crippen LogP contribution >= 0.6 is 0 Å². The van der Waals surface area contributed by atoms with E-state index in [0.29, 0.717) is 0 Å². The van der Waals surface area contributed by atoms with Crippen molar-refractivity contribution in [2.24, 2.45) is 0 Å². The first-order valence-electron chi connectivity index (χ1n) is 7.53. The molecule has 1 aromatic rings. The van der Waals surface area contributed by atoms with Gasteiger partial charge < -0.3 is 18.9 Å². The summed E-state index contributed by atoms with van der Waals surface area (Å²) in [5.74, 6) is 0.900. The first kappa shape index (κ1) is 14.7. The van der Waals surface area contributed by atoms with E-state index in [1.807, 2.05) is 6.07 Å². The van der Waals surface area contributed by atoms with Crippen molar-refractivity contribution in [3.05, 3.63) is 17.7 Å². The normalized spacial score (nSPS) is 22.6. The van der Waals surface area contributed by atoms with Crippen molar-refractivity contribution >= 4 is 18.3 Å². The van der Waals surface area contributed by atoms with Crippen LogP contribution in [0.3, 0.4) is 0 Å². The average Bonchev–Trinajstić information content (AvgIpc) is 2.87. The van der Waals surface area contributed by atoms with E-state index in [4.69, 9.17) is 14.0 Å². The zero-order valence-electron chi connectivity index (χ0n) is 13.8. The van der Waals surface area contributed by atoms with Gasteiger partial charge in [-0.25, -0.2) is 0 Å². The minimum Gasteiger partial charge on any atom is -0.495 e. The molecule has 2 aliphatic heterocycles. The van der Waals surface area contributed by atoms with Crippen LogP contribution in [0.2, 0.25) is 0 Å². The molecule has 21 heavy (non-hydrogen) atoms. The third kappa shape index (κ3) is 2.23. The number of fused-ring (bicyclic) bond motifs is 1. The van der Waals surface area contributed by atoms with Crippen molar-refractivity contribution in [3.63, 3.8) is 0 Å². The Bertz CT molecular complexity index is 555. The van der Waals surface area contributed by atoms with Gasteiger partial charge in [-0.3, -0.25) is 0 Å². The van der Waals surface area contributed by atoms with Crippen molar-refractivity contribution in [1.29, 1.82) is 0 Å². The Balaban J connectivity index is 1.98. The predicted molar refractivity (Wildman–Crippen MR) is 85.7 cm³/mol. The Labute approximate surface area is 127 Å². The van der Waals surface area contributed by atoms with Crippen LogP contribution in [-0.4, -0.2) is 39.0 Å². The Kier molecular flexibility index (Phi) is 3.26. The third-order valence-corrected chi connectivity index (χ3v) is 5.02. The van der Waals surface area contributed by atoms with Crippen LogP contribution in [0.15, 0.2) is 12.1 Å². The minimum absolute atomic E-state index is 0.319. The van der Waals surface area contributed by atoms with Gasteiger partial charge in [-0.15, -0.1) is 0 Å². The van der Waals surface area contributed by atoms with Crippen LogP contribution < -0.4 is 15.1 Å². The summed E-state index contributed by atoms with van der Waals surface area (Å²) in [5.41, 5.74) is 2.90. The van der Waals surface area contributed by atoms with Gasteiger partial charge in [-0.2, -0.15) is 0 Å². The van der Waals surface area contributed by atoms with Crippen molar-refractivity contribution in [2.45, 2.75) is 45.3 Å². The minimum atomic E-state index is -0.333. The molecular formula is C16H24BNO3. The molecule has 114 valence electrons. The second kappa shape index (κ2) is 4.65. The van der Waals surface area contributed by atoms with Gasteiger partial charge in [0.05, 0.1) is 24.0 Å². The van der Waals surface area contributed by atoms with Crippen molar-refractivity contribution < 1.29 is 14.0 Å². The van der Waals surface area contributed by atoms with Gasteiger partial charge in [0.25, 0.3) is 0 Å². The molecule has 0 aromatic heterocycles. The highest BCUT2D eigenvalue weighted by Gasteiger charge is 2.52. The van der Waals surface area contributed by atoms with Gasteiger partial charge in [0, 0.05) is 13.6 Å². The van der Waals surface area contributed by atoms with E-state index in [0.717, 1.165) is 24.2 Å². The molecule has 0 bridgehead atoms. The highest BCUT2D eigenvalue weighted by molar-refractivity contribution is 6.62. The number of rotatable bonds is 2. The van der Waals surface area contributed by atoms with E-state index < -0.39 is 0 Å². The van der Waals surface area contributed by atoms with Gasteiger partial charge in [0.1, 0.15) is 5.75 Å². The van der Waals surface area contributed by atoms with Gasteiger partial charge in [0.15, 0.2) is 0 Å². The SMILES string of the molecule is COc1cc(B2OC(C)(C)C(C)(C)O2)cc2c1N(C)CC2. The largest absolute Gasteiger partial charge is 0.495 e. The smallest absolute Gasteiger partial charge is 0.494 e. The van der Waals surface area contributed by atoms with E-state index in [-0.39, 0.29) is 18.3 Å². The molecule has 0 unspecified atom stereocenters. The van der Waals surface area contributed by atoms with E-state index in [1.165, 1.54) is 11.3 Å². The van der Waals surface area contributed by atoms with E-state index >= 15 is 0 Å². The predicted octanol–water partition coefficient (Wildman–Crippen LogP) is 1.99. The molecule has 1 aromatic carbocycles. The Hall–Kier alpha value is -1.20. The zero-order valence-corrected chi connectivity index (χ0v) is 13.8. The molecule has 2 aliphatic rings. The summed E-state index contributed by atoms with van der Waals surface area (Å²) >= 11 is 0. The summed E-state index contributed by atoms with van der Waals surface area (Å²) < 4.78 is 17.9. The second-order valence-electron chi connectivity index (χ2n) is 6.99. The van der Waals surface area contributed by atoms with E-state index in [1.54, 1.807) is 7.11 Å². The maximum atomic E-state index is 6.14. The molecule has 3 rings (SSSR count). The lowest BCUT2D eigenvalue weighted by molar-refractivity contribution is 0.00578. The number of hydrogen-bond acceptors (Lipinski definition) is 4. The first-order chi connectivity index (χ1) is 9.75. The summed E-state index contributed by atoms with van der Waals surface area (Å²) in [4.78, 5) is 2.24. The van der Waals surface area contributed by atoms with Gasteiger partial charge in [-0.05, 0) is 51.2 Å². The molecule has 0 amide bonds. The molecule has 1 saturated heterocycles. The zero-order chi connectivity index (χ0) is 15.4. The maximum absolute atomic E-state index is 6.14. The lowest BCUT2D eigenvalue weighted by atomic mass is 9.78. The van der Waals surface area contributed by atoms with Crippen molar-refractivity contribution in [2.75, 3.05) is 25.6 Å². The second-order valence-corrected chi connectivity index (χ2v) is 6.99. The fourth-order valence-electron chi connectivity index (χ4n) is 2.98. The van der Waals surface area contributed by atoms with Crippen molar-refractivity contribution in [3.8, 4) is 5.75 Å². The highest BCUT2D eigenvalue weighted by Crippen LogP contribution is 2.39. The monoisotopic (exact) mass is 289 g/mol. The average molecular weight is 289 g/mol. The molecule has 2 heterocycles. The quantitative estimate of drug-likeness (QED) is 0.779. The van der Waals surface area contributed by atoms with Gasteiger partial charge in [0.2, 0.25) is 0 Å². The number of nitrogens with zero attached hydrogens (tertiary/aromatic N) is 1. The van der Waals surface area contributed by atoms with Crippen molar-refractivity contribution in [1.82, 2.24) is 0 Å². The number of likely N-dealkylation sites (N-methyl/N-ethyl adjacent to an activating group) is 1. The summed E-state index contributed by atoms with van der Waals surface area (Å²) in [6, 6.07) is 4.24. The summed E-state index contributed by atoms with van der Waals surface area (Å²) in [6.45, 7) is 9.33. The molecule has 1 fully saturated rings. The number of hydrogen-bond donors (Lipinski definition) is 0. The molecule has 0 spiro atoms. The maximum Gasteiger partial charge on any atom is 0.494 e. The first-order valence-corrected chi connectivity index (χ1v) is 7.53. The molecule has 0 atom stereocenters. The Morgan fingerprint density at radius 3 is 2.33 bits per heavy atom. The van der Waals surface area contributed by atoms with Crippen LogP contribution in [0.5, 0.6) is 5.75 Å². The van der Waals surface area contributed by atoms with E-state index in [2.05, 4.69) is 45.7 Å². The van der Waals surface area contributed by atoms with Gasteiger partial charge >= 0.3 is 7.12 Å². The fourth-order valence-corrected chi connectivity index (χ4v) is 2.98. The van der Waals surface area contributed by atoms with E-state index in [9.17, 15) is 0 Å². The standard InChI is InChI=1S/C16H24BNO3/c1-15(2)16(3,4)21-17(20-15)12-9-11-7-8-18(5)14(11)13(10-12)19-6/h9-10H,7-8H2,1-6H3. The molecule has 0 saturated carbocycles. The highest BCUT2D eigenvalue weighted by atomic mass is 16.7. The van der Waals surface area contributed by atoms with Crippen LogP contribution in [0.1, 0.15) is 33.3 Å². The third-order valence-electron chi connectivity index (χ3n) is 5.02. The topological polar surface area (TPSA) is 30.9 Å². The summed E-state index contributed by atoms with van der Waals surface area (Å²) in [6.07, 6.45) is 1.04. The Morgan fingerprint density at radius 2 is 1.76 bits per heavy atom.